The average molecular weight is 332 g/mol. The van der Waals surface area contributed by atoms with Crippen LogP contribution in [0.15, 0.2) is 30.3 Å². The highest BCUT2D eigenvalue weighted by molar-refractivity contribution is 5.69. The van der Waals surface area contributed by atoms with Crippen molar-refractivity contribution in [1.29, 1.82) is 0 Å². The van der Waals surface area contributed by atoms with Crippen LogP contribution in [0.2, 0.25) is 0 Å². The fraction of sp³-hybridized carbons (Fsp3) is 0.632. The molecular weight excluding hydrogens is 304 g/mol. The number of likely N-dealkylation sites (tertiary alicyclic amines) is 2. The lowest BCUT2D eigenvalue weighted by Gasteiger charge is -2.39. The molecule has 0 radical (unpaired) electrons. The molecule has 5 nitrogen and oxygen atoms in total. The van der Waals surface area contributed by atoms with Gasteiger partial charge in [-0.1, -0.05) is 30.3 Å². The van der Waals surface area contributed by atoms with E-state index in [1.807, 2.05) is 26.8 Å². The number of fused-ring (bicyclic) bond motifs is 1. The molecule has 0 bridgehead atoms. The van der Waals surface area contributed by atoms with Gasteiger partial charge in [-0.25, -0.2) is 4.79 Å². The number of amides is 1. The average Bonchev–Trinajstić information content (AvgIpc) is 2.87. The van der Waals surface area contributed by atoms with Crippen molar-refractivity contribution < 1.29 is 14.6 Å². The maximum atomic E-state index is 12.5. The molecule has 5 heteroatoms. The molecule has 0 aliphatic carbocycles. The van der Waals surface area contributed by atoms with E-state index >= 15 is 0 Å². The van der Waals surface area contributed by atoms with E-state index in [1.54, 1.807) is 4.90 Å². The van der Waals surface area contributed by atoms with Crippen LogP contribution in [-0.2, 0) is 11.3 Å². The quantitative estimate of drug-likeness (QED) is 0.904. The summed E-state index contributed by atoms with van der Waals surface area (Å²) in [6, 6.07) is 10.5. The number of aliphatic hydroxyl groups is 1. The van der Waals surface area contributed by atoms with Gasteiger partial charge in [-0.3, -0.25) is 4.90 Å². The predicted molar refractivity (Wildman–Crippen MR) is 92.6 cm³/mol. The molecule has 2 heterocycles. The Morgan fingerprint density at radius 3 is 2.58 bits per heavy atom. The number of rotatable bonds is 2. The summed E-state index contributed by atoms with van der Waals surface area (Å²) in [6.07, 6.45) is -0.0110. The van der Waals surface area contributed by atoms with Crippen molar-refractivity contribution in [2.24, 2.45) is 5.92 Å². The highest BCUT2D eigenvalue weighted by Crippen LogP contribution is 2.32. The van der Waals surface area contributed by atoms with Crippen molar-refractivity contribution in [3.05, 3.63) is 35.9 Å². The fourth-order valence-electron chi connectivity index (χ4n) is 3.81. The zero-order valence-electron chi connectivity index (χ0n) is 14.8. The molecule has 24 heavy (non-hydrogen) atoms. The minimum atomic E-state index is -0.517. The van der Waals surface area contributed by atoms with Crippen LogP contribution < -0.4 is 0 Å². The number of carbonyl (C=O) groups excluding carboxylic acids is 1. The normalized spacial score (nSPS) is 27.8. The molecule has 2 aliphatic rings. The standard InChI is InChI=1S/C19H28N2O3/c1-19(2,3)24-18(23)21-12-16(22)9-15-11-20(13-17(15)21)10-14-7-5-4-6-8-14/h4-8,15-17,22H,9-13H2,1-3H3/t15-,16-,17+/m1/s1. The van der Waals surface area contributed by atoms with Gasteiger partial charge in [-0.15, -0.1) is 0 Å². The van der Waals surface area contributed by atoms with E-state index in [4.69, 9.17) is 4.74 Å². The lowest BCUT2D eigenvalue weighted by molar-refractivity contribution is -0.0207. The smallest absolute Gasteiger partial charge is 0.410 e. The number of benzene rings is 1. The Kier molecular flexibility index (Phi) is 4.83. The molecule has 1 amide bonds. The first-order valence-corrected chi connectivity index (χ1v) is 8.76. The molecule has 0 aromatic heterocycles. The van der Waals surface area contributed by atoms with E-state index in [0.29, 0.717) is 12.5 Å². The van der Waals surface area contributed by atoms with E-state index in [-0.39, 0.29) is 12.1 Å². The second-order valence-electron chi connectivity index (χ2n) is 8.03. The lowest BCUT2D eigenvalue weighted by atomic mass is 9.91. The summed E-state index contributed by atoms with van der Waals surface area (Å²) >= 11 is 0. The fourth-order valence-corrected chi connectivity index (χ4v) is 3.81. The zero-order chi connectivity index (χ0) is 17.3. The van der Waals surface area contributed by atoms with Gasteiger partial charge in [0.1, 0.15) is 5.60 Å². The van der Waals surface area contributed by atoms with Gasteiger partial charge in [-0.2, -0.15) is 0 Å². The summed E-state index contributed by atoms with van der Waals surface area (Å²) in [5, 5.41) is 10.2. The third kappa shape index (κ3) is 4.08. The molecule has 1 N–H and O–H groups in total. The Bertz CT molecular complexity index is 570. The molecule has 0 unspecified atom stereocenters. The minimum Gasteiger partial charge on any atom is -0.444 e. The molecule has 3 rings (SSSR count). The number of ether oxygens (including phenoxy) is 1. The Morgan fingerprint density at radius 1 is 1.21 bits per heavy atom. The van der Waals surface area contributed by atoms with Crippen molar-refractivity contribution in [3.8, 4) is 0 Å². The maximum Gasteiger partial charge on any atom is 0.410 e. The molecule has 0 spiro atoms. The molecule has 132 valence electrons. The van der Waals surface area contributed by atoms with Crippen molar-refractivity contribution in [3.63, 3.8) is 0 Å². The van der Waals surface area contributed by atoms with Crippen LogP contribution in [0.1, 0.15) is 32.8 Å². The molecule has 2 saturated heterocycles. The number of hydrogen-bond donors (Lipinski definition) is 1. The molecule has 3 atom stereocenters. The van der Waals surface area contributed by atoms with Crippen LogP contribution in [-0.4, -0.2) is 58.4 Å². The number of hydrogen-bond acceptors (Lipinski definition) is 4. The number of carbonyl (C=O) groups is 1. The highest BCUT2D eigenvalue weighted by Gasteiger charge is 2.44. The number of aliphatic hydroxyl groups excluding tert-OH is 1. The van der Waals surface area contributed by atoms with Crippen LogP contribution in [0.4, 0.5) is 4.79 Å². The van der Waals surface area contributed by atoms with E-state index in [1.165, 1.54) is 5.56 Å². The van der Waals surface area contributed by atoms with E-state index in [0.717, 1.165) is 26.1 Å². The third-order valence-corrected chi connectivity index (χ3v) is 4.74. The Hall–Kier alpha value is -1.59. The van der Waals surface area contributed by atoms with E-state index in [2.05, 4.69) is 29.2 Å². The molecule has 1 aromatic rings. The van der Waals surface area contributed by atoms with E-state index in [9.17, 15) is 9.90 Å². The lowest BCUT2D eigenvalue weighted by Crippen LogP contribution is -2.54. The van der Waals surface area contributed by atoms with Crippen LogP contribution >= 0.6 is 0 Å². The Balaban J connectivity index is 1.68. The first-order valence-electron chi connectivity index (χ1n) is 8.76. The molecule has 2 fully saturated rings. The predicted octanol–water partition coefficient (Wildman–Crippen LogP) is 2.49. The van der Waals surface area contributed by atoms with Gasteiger partial charge >= 0.3 is 6.09 Å². The van der Waals surface area contributed by atoms with E-state index < -0.39 is 11.7 Å². The molecule has 1 aromatic carbocycles. The SMILES string of the molecule is CC(C)(C)OC(=O)N1C[C@H](O)C[C@@H]2CN(Cc3ccccc3)C[C@@H]21. The largest absolute Gasteiger partial charge is 0.444 e. The highest BCUT2D eigenvalue weighted by atomic mass is 16.6. The summed E-state index contributed by atoms with van der Waals surface area (Å²) < 4.78 is 5.54. The molecule has 2 aliphatic heterocycles. The van der Waals surface area contributed by atoms with Crippen molar-refractivity contribution in [2.75, 3.05) is 19.6 Å². The van der Waals surface area contributed by atoms with Crippen molar-refractivity contribution in [1.82, 2.24) is 9.80 Å². The monoisotopic (exact) mass is 332 g/mol. The van der Waals surface area contributed by atoms with Gasteiger partial charge in [0, 0.05) is 19.6 Å². The third-order valence-electron chi connectivity index (χ3n) is 4.74. The first-order chi connectivity index (χ1) is 11.3. The van der Waals surface area contributed by atoms with Gasteiger partial charge in [0.15, 0.2) is 0 Å². The van der Waals surface area contributed by atoms with Gasteiger partial charge in [0.2, 0.25) is 0 Å². The summed E-state index contributed by atoms with van der Waals surface area (Å²) in [7, 11) is 0. The zero-order valence-corrected chi connectivity index (χ0v) is 14.8. The van der Waals surface area contributed by atoms with Crippen LogP contribution in [0.5, 0.6) is 0 Å². The summed E-state index contributed by atoms with van der Waals surface area (Å²) in [5.74, 6) is 0.310. The van der Waals surface area contributed by atoms with Crippen molar-refractivity contribution >= 4 is 6.09 Å². The second-order valence-corrected chi connectivity index (χ2v) is 8.03. The van der Waals surface area contributed by atoms with Crippen LogP contribution in [0, 0.1) is 5.92 Å². The maximum absolute atomic E-state index is 12.5. The Morgan fingerprint density at radius 2 is 1.92 bits per heavy atom. The number of β-amino-alcohol motifs (C(OH)–C–C–N with tert-alkyl or cyclic N) is 1. The van der Waals surface area contributed by atoms with Crippen LogP contribution in [0.3, 0.4) is 0 Å². The van der Waals surface area contributed by atoms with Gasteiger partial charge in [0.05, 0.1) is 18.7 Å². The van der Waals surface area contributed by atoms with Gasteiger partial charge in [-0.05, 0) is 38.7 Å². The second kappa shape index (κ2) is 6.73. The van der Waals surface area contributed by atoms with Crippen molar-refractivity contribution in [2.45, 2.75) is 51.5 Å². The number of piperidine rings is 1. The van der Waals surface area contributed by atoms with Gasteiger partial charge < -0.3 is 14.7 Å². The summed E-state index contributed by atoms with van der Waals surface area (Å²) in [5.41, 5.74) is 0.762. The van der Waals surface area contributed by atoms with Crippen LogP contribution in [0.25, 0.3) is 0 Å². The molecule has 0 saturated carbocycles. The van der Waals surface area contributed by atoms with Gasteiger partial charge in [0.25, 0.3) is 0 Å². The minimum absolute atomic E-state index is 0.131. The Labute approximate surface area is 144 Å². The summed E-state index contributed by atoms with van der Waals surface area (Å²) in [6.45, 7) is 8.63. The number of nitrogens with zero attached hydrogens (tertiary/aromatic N) is 2. The molecular formula is C19H28N2O3. The first kappa shape index (κ1) is 17.2. The summed E-state index contributed by atoms with van der Waals surface area (Å²) in [4.78, 5) is 16.7. The topological polar surface area (TPSA) is 53.0 Å².